The number of fused-ring (bicyclic) bond motifs is 1. The third-order valence-corrected chi connectivity index (χ3v) is 4.18. The fraction of sp³-hybridized carbons (Fsp3) is 0.500. The molecule has 0 radical (unpaired) electrons. The largest absolute Gasteiger partial charge is 0.467 e. The highest BCUT2D eigenvalue weighted by Crippen LogP contribution is 2.20. The Morgan fingerprint density at radius 1 is 1.61 bits per heavy atom. The number of hydrogen-bond acceptors (Lipinski definition) is 4. The summed E-state index contributed by atoms with van der Waals surface area (Å²) in [5.41, 5.74) is 2.33. The number of H-pyrrole nitrogens is 1. The normalized spacial score (nSPS) is 19.7. The van der Waals surface area contributed by atoms with Crippen molar-refractivity contribution in [2.24, 2.45) is 0 Å². The lowest BCUT2D eigenvalue weighted by molar-refractivity contribution is 0.129. The van der Waals surface area contributed by atoms with E-state index in [-0.39, 0.29) is 18.1 Å². The van der Waals surface area contributed by atoms with E-state index in [0.717, 1.165) is 19.3 Å². The van der Waals surface area contributed by atoms with Crippen molar-refractivity contribution in [1.29, 1.82) is 0 Å². The molecule has 3 rings (SSSR count). The van der Waals surface area contributed by atoms with Crippen LogP contribution in [-0.2, 0) is 12.8 Å². The fourth-order valence-corrected chi connectivity index (χ4v) is 2.98. The quantitative estimate of drug-likeness (QED) is 0.673. The van der Waals surface area contributed by atoms with Crippen LogP contribution in [0.5, 0.6) is 0 Å². The van der Waals surface area contributed by atoms with Crippen molar-refractivity contribution in [3.05, 3.63) is 41.6 Å². The van der Waals surface area contributed by atoms with Gasteiger partial charge in [0.1, 0.15) is 11.9 Å². The van der Waals surface area contributed by atoms with Gasteiger partial charge in [0.15, 0.2) is 0 Å². The Hall–Kier alpha value is -2.28. The molecule has 2 heterocycles. The van der Waals surface area contributed by atoms with Crippen molar-refractivity contribution in [3.63, 3.8) is 0 Å². The summed E-state index contributed by atoms with van der Waals surface area (Å²) in [7, 11) is 0. The van der Waals surface area contributed by atoms with Crippen LogP contribution in [0.25, 0.3) is 0 Å². The van der Waals surface area contributed by atoms with Gasteiger partial charge in [-0.2, -0.15) is 5.10 Å². The molecule has 3 unspecified atom stereocenters. The van der Waals surface area contributed by atoms with Crippen LogP contribution in [0.2, 0.25) is 0 Å². The van der Waals surface area contributed by atoms with Crippen LogP contribution in [0.15, 0.2) is 29.0 Å². The summed E-state index contributed by atoms with van der Waals surface area (Å²) in [6.45, 7) is 1.86. The molecule has 0 aliphatic heterocycles. The van der Waals surface area contributed by atoms with Gasteiger partial charge in [-0.1, -0.05) is 0 Å². The van der Waals surface area contributed by atoms with Gasteiger partial charge in [-0.05, 0) is 43.9 Å². The maximum absolute atomic E-state index is 12.1. The number of aryl methyl sites for hydroxylation is 1. The van der Waals surface area contributed by atoms with E-state index in [1.165, 1.54) is 17.5 Å². The molecule has 1 aliphatic carbocycles. The molecular weight excluding hydrogens is 296 g/mol. The molecule has 2 amide bonds. The Bertz CT molecular complexity index is 638. The number of amides is 2. The second kappa shape index (κ2) is 6.87. The first-order valence-electron chi connectivity index (χ1n) is 7.91. The lowest BCUT2D eigenvalue weighted by Gasteiger charge is -2.24. The monoisotopic (exact) mass is 318 g/mol. The molecule has 124 valence electrons. The molecule has 7 heteroatoms. The lowest BCUT2D eigenvalue weighted by Crippen LogP contribution is -2.47. The van der Waals surface area contributed by atoms with Gasteiger partial charge in [0.25, 0.3) is 0 Å². The molecule has 0 spiro atoms. The van der Waals surface area contributed by atoms with Gasteiger partial charge in [0.2, 0.25) is 0 Å². The molecule has 4 N–H and O–H groups in total. The van der Waals surface area contributed by atoms with E-state index in [0.29, 0.717) is 12.2 Å². The van der Waals surface area contributed by atoms with E-state index < -0.39 is 6.10 Å². The van der Waals surface area contributed by atoms with Crippen molar-refractivity contribution in [2.75, 3.05) is 0 Å². The molecule has 0 fully saturated rings. The molecule has 2 aromatic heterocycles. The molecule has 3 atom stereocenters. The van der Waals surface area contributed by atoms with Crippen LogP contribution in [0, 0.1) is 0 Å². The van der Waals surface area contributed by atoms with Crippen molar-refractivity contribution in [1.82, 2.24) is 20.8 Å². The number of nitrogens with one attached hydrogen (secondary N) is 3. The number of aliphatic hydroxyl groups excluding tert-OH is 1. The number of urea groups is 1. The Labute approximate surface area is 134 Å². The van der Waals surface area contributed by atoms with E-state index in [1.807, 2.05) is 13.1 Å². The zero-order valence-electron chi connectivity index (χ0n) is 13.1. The van der Waals surface area contributed by atoms with Crippen LogP contribution in [-0.4, -0.2) is 33.4 Å². The number of hydrogen-bond donors (Lipinski definition) is 4. The zero-order valence-corrected chi connectivity index (χ0v) is 13.1. The van der Waals surface area contributed by atoms with Gasteiger partial charge < -0.3 is 20.2 Å². The molecule has 0 bridgehead atoms. The lowest BCUT2D eigenvalue weighted by atomic mass is 9.94. The first-order valence-corrected chi connectivity index (χ1v) is 7.91. The number of furan rings is 1. The number of carbonyl (C=O) groups is 1. The Morgan fingerprint density at radius 3 is 3.26 bits per heavy atom. The van der Waals surface area contributed by atoms with Crippen LogP contribution in [0.4, 0.5) is 4.79 Å². The number of aromatic nitrogens is 2. The summed E-state index contributed by atoms with van der Waals surface area (Å²) in [6, 6.07) is 3.20. The highest BCUT2D eigenvalue weighted by Gasteiger charge is 2.22. The van der Waals surface area contributed by atoms with Crippen LogP contribution in [0.1, 0.15) is 42.9 Å². The van der Waals surface area contributed by atoms with Gasteiger partial charge >= 0.3 is 6.03 Å². The minimum atomic E-state index is -0.719. The van der Waals surface area contributed by atoms with Crippen molar-refractivity contribution in [2.45, 2.75) is 50.8 Å². The predicted molar refractivity (Wildman–Crippen MR) is 83.8 cm³/mol. The smallest absolute Gasteiger partial charge is 0.315 e. The van der Waals surface area contributed by atoms with E-state index in [4.69, 9.17) is 4.42 Å². The standard InChI is InChI=1S/C16H22N4O3/c1-10(7-14(21)15-3-2-6-23-15)18-16(22)19-12-4-5-13-11(8-12)9-17-20-13/h2-3,6,9-10,12,14,21H,4-5,7-8H2,1H3,(H,17,20)(H2,18,19,22). The van der Waals surface area contributed by atoms with Gasteiger partial charge in [-0.3, -0.25) is 5.10 Å². The van der Waals surface area contributed by atoms with E-state index in [1.54, 1.807) is 12.1 Å². The van der Waals surface area contributed by atoms with Gasteiger partial charge in [-0.25, -0.2) is 4.79 Å². The predicted octanol–water partition coefficient (Wildman–Crippen LogP) is 1.67. The Morgan fingerprint density at radius 2 is 2.48 bits per heavy atom. The van der Waals surface area contributed by atoms with Crippen molar-refractivity contribution < 1.29 is 14.3 Å². The van der Waals surface area contributed by atoms with Crippen LogP contribution < -0.4 is 10.6 Å². The summed E-state index contributed by atoms with van der Waals surface area (Å²) in [5, 5.41) is 22.9. The van der Waals surface area contributed by atoms with E-state index in [2.05, 4.69) is 20.8 Å². The number of rotatable bonds is 5. The summed E-state index contributed by atoms with van der Waals surface area (Å²) in [5.74, 6) is 0.513. The topological polar surface area (TPSA) is 103 Å². The Balaban J connectivity index is 1.44. The fourth-order valence-electron chi connectivity index (χ4n) is 2.98. The highest BCUT2D eigenvalue weighted by atomic mass is 16.4. The summed E-state index contributed by atoms with van der Waals surface area (Å²) >= 11 is 0. The van der Waals surface area contributed by atoms with Crippen molar-refractivity contribution in [3.8, 4) is 0 Å². The second-order valence-electron chi connectivity index (χ2n) is 6.10. The summed E-state index contributed by atoms with van der Waals surface area (Å²) in [4.78, 5) is 12.1. The maximum Gasteiger partial charge on any atom is 0.315 e. The first-order chi connectivity index (χ1) is 11.1. The minimum Gasteiger partial charge on any atom is -0.467 e. The second-order valence-corrected chi connectivity index (χ2v) is 6.10. The average molecular weight is 318 g/mol. The third-order valence-electron chi connectivity index (χ3n) is 4.18. The van der Waals surface area contributed by atoms with Crippen molar-refractivity contribution >= 4 is 6.03 Å². The zero-order chi connectivity index (χ0) is 16.2. The van der Waals surface area contributed by atoms with Crippen LogP contribution in [0.3, 0.4) is 0 Å². The van der Waals surface area contributed by atoms with Crippen LogP contribution >= 0.6 is 0 Å². The molecular formula is C16H22N4O3. The van der Waals surface area contributed by atoms with E-state index in [9.17, 15) is 9.90 Å². The highest BCUT2D eigenvalue weighted by molar-refractivity contribution is 5.74. The maximum atomic E-state index is 12.1. The summed E-state index contributed by atoms with van der Waals surface area (Å²) < 4.78 is 5.16. The number of carbonyl (C=O) groups excluding carboxylic acids is 1. The molecule has 1 aliphatic rings. The Kier molecular flexibility index (Phi) is 4.66. The number of aromatic amines is 1. The molecule has 0 saturated heterocycles. The molecule has 2 aromatic rings. The third kappa shape index (κ3) is 3.92. The number of aliphatic hydroxyl groups is 1. The molecule has 0 saturated carbocycles. The van der Waals surface area contributed by atoms with Gasteiger partial charge in [0.05, 0.1) is 12.5 Å². The molecule has 23 heavy (non-hydrogen) atoms. The van der Waals surface area contributed by atoms with Gasteiger partial charge in [0, 0.05) is 24.2 Å². The van der Waals surface area contributed by atoms with Gasteiger partial charge in [-0.15, -0.1) is 0 Å². The van der Waals surface area contributed by atoms with E-state index >= 15 is 0 Å². The minimum absolute atomic E-state index is 0.113. The molecule has 7 nitrogen and oxygen atoms in total. The first kappa shape index (κ1) is 15.6. The SMILES string of the molecule is CC(CC(O)c1ccco1)NC(=O)NC1CCc2[nH]ncc2C1. The molecule has 0 aromatic carbocycles. The number of nitrogens with zero attached hydrogens (tertiary/aromatic N) is 1. The summed E-state index contributed by atoms with van der Waals surface area (Å²) in [6.07, 6.45) is 5.61. The average Bonchev–Trinajstić information content (AvgIpc) is 3.17.